The maximum Gasteiger partial charge on any atom is 0.128 e. The minimum absolute atomic E-state index is 0.245. The fourth-order valence-corrected chi connectivity index (χ4v) is 3.27. The summed E-state index contributed by atoms with van der Waals surface area (Å²) in [6.45, 7) is 1.81. The molecular formula is C17H20F2N2O. The maximum absolute atomic E-state index is 13.3. The smallest absolute Gasteiger partial charge is 0.128 e. The lowest BCUT2D eigenvalue weighted by Crippen LogP contribution is -2.16. The SMILES string of the molecule is Cc1nn(-c2cc(F)cc(F)c2)cc1C(O)C1CCCCC1. The molecule has 3 nitrogen and oxygen atoms in total. The molecule has 0 radical (unpaired) electrons. The molecule has 1 aliphatic rings. The first-order valence-electron chi connectivity index (χ1n) is 7.75. The van der Waals surface area contributed by atoms with Gasteiger partial charge in [0.1, 0.15) is 11.6 Å². The maximum atomic E-state index is 13.3. The number of rotatable bonds is 3. The summed E-state index contributed by atoms with van der Waals surface area (Å²) in [4.78, 5) is 0. The van der Waals surface area contributed by atoms with Crippen molar-refractivity contribution in [1.82, 2.24) is 9.78 Å². The number of aromatic nitrogens is 2. The normalized spacial score (nSPS) is 17.6. The summed E-state index contributed by atoms with van der Waals surface area (Å²) in [5.74, 6) is -1.04. The Morgan fingerprint density at radius 1 is 1.14 bits per heavy atom. The minimum Gasteiger partial charge on any atom is -0.388 e. The first-order valence-corrected chi connectivity index (χ1v) is 7.75. The Morgan fingerprint density at radius 2 is 1.77 bits per heavy atom. The Kier molecular flexibility index (Phi) is 4.25. The molecule has 0 aliphatic heterocycles. The van der Waals surface area contributed by atoms with Gasteiger partial charge in [0, 0.05) is 17.8 Å². The van der Waals surface area contributed by atoms with Crippen LogP contribution in [0, 0.1) is 24.5 Å². The molecule has 1 heterocycles. The van der Waals surface area contributed by atoms with Crippen LogP contribution in [0.25, 0.3) is 5.69 Å². The summed E-state index contributed by atoms with van der Waals surface area (Å²) in [5.41, 5.74) is 1.77. The van der Waals surface area contributed by atoms with Crippen LogP contribution in [0.4, 0.5) is 8.78 Å². The van der Waals surface area contributed by atoms with E-state index in [0.717, 1.165) is 37.3 Å². The van der Waals surface area contributed by atoms with Gasteiger partial charge in [-0.2, -0.15) is 5.10 Å². The van der Waals surface area contributed by atoms with Crippen LogP contribution >= 0.6 is 0 Å². The number of benzene rings is 1. The second kappa shape index (κ2) is 6.16. The fourth-order valence-electron chi connectivity index (χ4n) is 3.27. The van der Waals surface area contributed by atoms with Gasteiger partial charge < -0.3 is 5.11 Å². The summed E-state index contributed by atoms with van der Waals surface area (Å²) < 4.78 is 28.1. The zero-order valence-corrected chi connectivity index (χ0v) is 12.6. The van der Waals surface area contributed by atoms with E-state index in [-0.39, 0.29) is 5.92 Å². The molecule has 1 aromatic carbocycles. The molecule has 0 amide bonds. The molecule has 0 spiro atoms. The minimum atomic E-state index is -0.641. The van der Waals surface area contributed by atoms with E-state index in [0.29, 0.717) is 11.4 Å². The number of aliphatic hydroxyl groups is 1. The van der Waals surface area contributed by atoms with Crippen molar-refractivity contribution in [1.29, 1.82) is 0 Å². The lowest BCUT2D eigenvalue weighted by molar-refractivity contribution is 0.0843. The number of aliphatic hydroxyl groups excluding tert-OH is 1. The summed E-state index contributed by atoms with van der Waals surface area (Å²) in [7, 11) is 0. The van der Waals surface area contributed by atoms with Crippen LogP contribution in [0.15, 0.2) is 24.4 Å². The molecule has 118 valence electrons. The molecule has 3 rings (SSSR count). The number of halogens is 2. The molecule has 1 fully saturated rings. The van der Waals surface area contributed by atoms with Gasteiger partial charge in [-0.15, -0.1) is 0 Å². The van der Waals surface area contributed by atoms with Crippen molar-refractivity contribution in [2.75, 3.05) is 0 Å². The molecule has 1 atom stereocenters. The van der Waals surface area contributed by atoms with Crippen molar-refractivity contribution in [3.63, 3.8) is 0 Å². The van der Waals surface area contributed by atoms with Gasteiger partial charge >= 0.3 is 0 Å². The number of hydrogen-bond donors (Lipinski definition) is 1. The molecule has 1 N–H and O–H groups in total. The Labute approximate surface area is 128 Å². The highest BCUT2D eigenvalue weighted by Crippen LogP contribution is 2.35. The second-order valence-electron chi connectivity index (χ2n) is 6.08. The van der Waals surface area contributed by atoms with Crippen molar-refractivity contribution < 1.29 is 13.9 Å². The van der Waals surface area contributed by atoms with Gasteiger partial charge in [0.15, 0.2) is 0 Å². The highest BCUT2D eigenvalue weighted by molar-refractivity contribution is 5.34. The van der Waals surface area contributed by atoms with E-state index in [1.807, 2.05) is 6.92 Å². The number of nitrogens with zero attached hydrogens (tertiary/aromatic N) is 2. The molecule has 1 saturated carbocycles. The third-order valence-corrected chi connectivity index (χ3v) is 4.46. The zero-order valence-electron chi connectivity index (χ0n) is 12.6. The van der Waals surface area contributed by atoms with Gasteiger partial charge in [-0.05, 0) is 37.8 Å². The van der Waals surface area contributed by atoms with Crippen molar-refractivity contribution in [3.05, 3.63) is 47.3 Å². The van der Waals surface area contributed by atoms with Crippen LogP contribution in [0.1, 0.15) is 49.5 Å². The average molecular weight is 306 g/mol. The Morgan fingerprint density at radius 3 is 2.41 bits per heavy atom. The molecular weight excluding hydrogens is 286 g/mol. The van der Waals surface area contributed by atoms with E-state index < -0.39 is 17.7 Å². The van der Waals surface area contributed by atoms with Crippen LogP contribution in [0.3, 0.4) is 0 Å². The van der Waals surface area contributed by atoms with Crippen LogP contribution in [-0.4, -0.2) is 14.9 Å². The molecule has 0 saturated heterocycles. The fraction of sp³-hybridized carbons (Fsp3) is 0.471. The van der Waals surface area contributed by atoms with Crippen LogP contribution in [-0.2, 0) is 0 Å². The number of hydrogen-bond acceptors (Lipinski definition) is 2. The largest absolute Gasteiger partial charge is 0.388 e. The van der Waals surface area contributed by atoms with Gasteiger partial charge in [0.05, 0.1) is 17.5 Å². The second-order valence-corrected chi connectivity index (χ2v) is 6.08. The molecule has 1 unspecified atom stereocenters. The molecule has 1 aromatic heterocycles. The summed E-state index contributed by atoms with van der Waals surface area (Å²) in [5, 5.41) is 14.9. The monoisotopic (exact) mass is 306 g/mol. The van der Waals surface area contributed by atoms with Crippen LogP contribution in [0.5, 0.6) is 0 Å². The Balaban J connectivity index is 1.89. The van der Waals surface area contributed by atoms with E-state index in [4.69, 9.17) is 0 Å². The first kappa shape index (κ1) is 15.2. The van der Waals surface area contributed by atoms with Crippen molar-refractivity contribution in [3.8, 4) is 5.69 Å². The van der Waals surface area contributed by atoms with Gasteiger partial charge in [-0.25, -0.2) is 13.5 Å². The summed E-state index contributed by atoms with van der Waals surface area (Å²) in [6.07, 6.45) is 6.66. The average Bonchev–Trinajstić information content (AvgIpc) is 2.88. The van der Waals surface area contributed by atoms with E-state index in [9.17, 15) is 13.9 Å². The highest BCUT2D eigenvalue weighted by atomic mass is 19.1. The molecule has 22 heavy (non-hydrogen) atoms. The molecule has 0 bridgehead atoms. The number of aryl methyl sites for hydroxylation is 1. The third-order valence-electron chi connectivity index (χ3n) is 4.46. The predicted octanol–water partition coefficient (Wildman–Crippen LogP) is 4.07. The van der Waals surface area contributed by atoms with Gasteiger partial charge in [0.2, 0.25) is 0 Å². The third kappa shape index (κ3) is 3.04. The van der Waals surface area contributed by atoms with E-state index >= 15 is 0 Å². The Hall–Kier alpha value is -1.75. The predicted molar refractivity (Wildman–Crippen MR) is 79.8 cm³/mol. The standard InChI is InChI=1S/C17H20F2N2O/c1-11-16(17(22)12-5-3-2-4-6-12)10-21(20-11)15-8-13(18)7-14(19)9-15/h7-10,12,17,22H,2-6H2,1H3. The lowest BCUT2D eigenvalue weighted by Gasteiger charge is -2.26. The quantitative estimate of drug-likeness (QED) is 0.928. The summed E-state index contributed by atoms with van der Waals surface area (Å²) in [6, 6.07) is 3.29. The van der Waals surface area contributed by atoms with Crippen molar-refractivity contribution in [2.24, 2.45) is 5.92 Å². The highest BCUT2D eigenvalue weighted by Gasteiger charge is 2.26. The summed E-state index contributed by atoms with van der Waals surface area (Å²) >= 11 is 0. The topological polar surface area (TPSA) is 38.0 Å². The van der Waals surface area contributed by atoms with E-state index in [1.54, 1.807) is 6.20 Å². The molecule has 5 heteroatoms. The lowest BCUT2D eigenvalue weighted by atomic mass is 9.83. The van der Waals surface area contributed by atoms with Gasteiger partial charge in [-0.3, -0.25) is 0 Å². The van der Waals surface area contributed by atoms with Gasteiger partial charge in [-0.1, -0.05) is 19.3 Å². The van der Waals surface area contributed by atoms with Crippen LogP contribution < -0.4 is 0 Å². The van der Waals surface area contributed by atoms with Crippen molar-refractivity contribution >= 4 is 0 Å². The zero-order chi connectivity index (χ0) is 15.7. The Bertz CT molecular complexity index is 642. The van der Waals surface area contributed by atoms with Gasteiger partial charge in [0.25, 0.3) is 0 Å². The first-order chi connectivity index (χ1) is 10.5. The molecule has 1 aliphatic carbocycles. The van der Waals surface area contributed by atoms with Crippen molar-refractivity contribution in [2.45, 2.75) is 45.1 Å². The van der Waals surface area contributed by atoms with Crippen LogP contribution in [0.2, 0.25) is 0 Å². The van der Waals surface area contributed by atoms with E-state index in [2.05, 4.69) is 5.10 Å². The van der Waals surface area contributed by atoms with E-state index in [1.165, 1.54) is 23.2 Å². The molecule has 2 aromatic rings.